The maximum atomic E-state index is 12.3. The number of phenolic OH excluding ortho intramolecular Hbond substituents is 1. The van der Waals surface area contributed by atoms with Gasteiger partial charge in [-0.1, -0.05) is 23.5 Å². The van der Waals surface area contributed by atoms with Crippen molar-refractivity contribution in [3.63, 3.8) is 0 Å². The van der Waals surface area contributed by atoms with E-state index >= 15 is 0 Å². The first-order valence-corrected chi connectivity index (χ1v) is 8.78. The number of carbonyl (C=O) groups is 1. The number of hydrogen-bond acceptors (Lipinski definition) is 7. The highest BCUT2D eigenvalue weighted by Crippen LogP contribution is 2.26. The molecule has 1 aromatic carbocycles. The third-order valence-electron chi connectivity index (χ3n) is 3.83. The van der Waals surface area contributed by atoms with E-state index in [0.29, 0.717) is 10.7 Å². The Labute approximate surface area is 149 Å². The first-order chi connectivity index (χ1) is 12.2. The molecule has 1 aliphatic heterocycles. The number of nitrogens with zero attached hydrogens (tertiary/aromatic N) is 4. The molecule has 128 valence electrons. The minimum absolute atomic E-state index is 0.0413. The van der Waals surface area contributed by atoms with Crippen molar-refractivity contribution < 1.29 is 9.90 Å². The van der Waals surface area contributed by atoms with Crippen molar-refractivity contribution in [2.45, 2.75) is 19.3 Å². The smallest absolute Gasteiger partial charge is 0.268 e. The Morgan fingerprint density at radius 3 is 2.64 bits per heavy atom. The summed E-state index contributed by atoms with van der Waals surface area (Å²) < 4.78 is 0. The lowest BCUT2D eigenvalue weighted by atomic mass is 10.1. The molecule has 3 rings (SSSR count). The van der Waals surface area contributed by atoms with Crippen molar-refractivity contribution in [3.8, 4) is 11.8 Å². The van der Waals surface area contributed by atoms with Gasteiger partial charge in [0.1, 0.15) is 17.4 Å². The van der Waals surface area contributed by atoms with Crippen LogP contribution in [0.25, 0.3) is 6.08 Å². The fourth-order valence-electron chi connectivity index (χ4n) is 2.53. The summed E-state index contributed by atoms with van der Waals surface area (Å²) in [5.41, 5.74) is 0.608. The van der Waals surface area contributed by atoms with Crippen molar-refractivity contribution in [3.05, 3.63) is 35.4 Å². The molecule has 1 aromatic heterocycles. The van der Waals surface area contributed by atoms with Crippen LogP contribution in [0.5, 0.6) is 5.75 Å². The van der Waals surface area contributed by atoms with Crippen LogP contribution in [-0.2, 0) is 4.79 Å². The fourth-order valence-corrected chi connectivity index (χ4v) is 3.32. The van der Waals surface area contributed by atoms with Crippen LogP contribution in [0.2, 0.25) is 0 Å². The molecule has 1 saturated heterocycles. The van der Waals surface area contributed by atoms with Gasteiger partial charge in [-0.15, -0.1) is 10.2 Å². The van der Waals surface area contributed by atoms with Crippen LogP contribution in [0.3, 0.4) is 0 Å². The molecule has 0 radical (unpaired) electrons. The molecule has 1 aliphatic rings. The molecule has 1 amide bonds. The Balaban J connectivity index is 1.69. The van der Waals surface area contributed by atoms with Gasteiger partial charge < -0.3 is 10.0 Å². The average molecular weight is 355 g/mol. The molecule has 2 N–H and O–H groups in total. The highest BCUT2D eigenvalue weighted by atomic mass is 32.1. The van der Waals surface area contributed by atoms with Gasteiger partial charge in [-0.2, -0.15) is 5.26 Å². The minimum Gasteiger partial charge on any atom is -0.508 e. The standard InChI is InChI=1S/C17H17N5O2S/c18-11-13(10-12-4-6-14(23)7-5-12)15(24)19-16-20-21-17(25-16)22-8-2-1-3-9-22/h4-7,10,23H,1-3,8-9H2,(H,19,20,24)/b13-10-. The van der Waals surface area contributed by atoms with Gasteiger partial charge in [0.05, 0.1) is 0 Å². The van der Waals surface area contributed by atoms with Crippen LogP contribution in [0.4, 0.5) is 10.3 Å². The van der Waals surface area contributed by atoms with E-state index in [0.717, 1.165) is 31.1 Å². The van der Waals surface area contributed by atoms with E-state index in [1.165, 1.54) is 36.0 Å². The van der Waals surface area contributed by atoms with Crippen LogP contribution < -0.4 is 10.2 Å². The number of hydrogen-bond donors (Lipinski definition) is 2. The van der Waals surface area contributed by atoms with Crippen molar-refractivity contribution in [1.29, 1.82) is 5.26 Å². The van der Waals surface area contributed by atoms with E-state index in [-0.39, 0.29) is 11.3 Å². The van der Waals surface area contributed by atoms with Gasteiger partial charge in [-0.05, 0) is 43.0 Å². The lowest BCUT2D eigenvalue weighted by molar-refractivity contribution is -0.112. The first kappa shape index (κ1) is 16.9. The highest BCUT2D eigenvalue weighted by Gasteiger charge is 2.17. The first-order valence-electron chi connectivity index (χ1n) is 7.96. The maximum absolute atomic E-state index is 12.3. The van der Waals surface area contributed by atoms with Crippen LogP contribution >= 0.6 is 11.3 Å². The number of phenols is 1. The van der Waals surface area contributed by atoms with Gasteiger partial charge in [0.2, 0.25) is 10.3 Å². The molecule has 25 heavy (non-hydrogen) atoms. The summed E-state index contributed by atoms with van der Waals surface area (Å²) >= 11 is 1.31. The summed E-state index contributed by atoms with van der Waals surface area (Å²) in [5.74, 6) is -0.406. The molecule has 7 nitrogen and oxygen atoms in total. The van der Waals surface area contributed by atoms with E-state index in [2.05, 4.69) is 20.4 Å². The summed E-state index contributed by atoms with van der Waals surface area (Å²) in [5, 5.41) is 30.4. The molecule has 0 atom stereocenters. The topological polar surface area (TPSA) is 102 Å². The third-order valence-corrected chi connectivity index (χ3v) is 4.73. The summed E-state index contributed by atoms with van der Waals surface area (Å²) in [4.78, 5) is 14.4. The molecule has 0 saturated carbocycles. The van der Waals surface area contributed by atoms with Crippen LogP contribution in [0.1, 0.15) is 24.8 Å². The van der Waals surface area contributed by atoms with E-state index in [9.17, 15) is 15.2 Å². The number of rotatable bonds is 4. The van der Waals surface area contributed by atoms with Crippen LogP contribution in [0, 0.1) is 11.3 Å². The molecule has 0 unspecified atom stereocenters. The second-order valence-corrected chi connectivity index (χ2v) is 6.61. The quantitative estimate of drug-likeness (QED) is 0.646. The zero-order chi connectivity index (χ0) is 17.6. The predicted octanol–water partition coefficient (Wildman–Crippen LogP) is 2.78. The number of anilines is 2. The minimum atomic E-state index is -0.531. The average Bonchev–Trinajstić information content (AvgIpc) is 3.10. The maximum Gasteiger partial charge on any atom is 0.268 e. The normalized spacial score (nSPS) is 14.8. The zero-order valence-electron chi connectivity index (χ0n) is 13.5. The van der Waals surface area contributed by atoms with Crippen LogP contribution in [0.15, 0.2) is 29.8 Å². The molecular weight excluding hydrogens is 338 g/mol. The lowest BCUT2D eigenvalue weighted by Crippen LogP contribution is -2.29. The number of nitrogens with one attached hydrogen (secondary N) is 1. The van der Waals surface area contributed by atoms with Crippen molar-refractivity contribution in [2.24, 2.45) is 0 Å². The number of aromatic hydroxyl groups is 1. The summed E-state index contributed by atoms with van der Waals surface area (Å²) in [7, 11) is 0. The Hall–Kier alpha value is -2.92. The SMILES string of the molecule is N#C/C(=C/c1ccc(O)cc1)C(=O)Nc1nnc(N2CCCCC2)s1. The largest absolute Gasteiger partial charge is 0.508 e. The van der Waals surface area contributed by atoms with E-state index in [1.54, 1.807) is 12.1 Å². The molecule has 0 aliphatic carbocycles. The molecule has 2 heterocycles. The van der Waals surface area contributed by atoms with Crippen molar-refractivity contribution in [2.75, 3.05) is 23.3 Å². The number of aromatic nitrogens is 2. The molecular formula is C17H17N5O2S. The monoisotopic (exact) mass is 355 g/mol. The van der Waals surface area contributed by atoms with E-state index < -0.39 is 5.91 Å². The predicted molar refractivity (Wildman–Crippen MR) is 96.3 cm³/mol. The molecule has 1 fully saturated rings. The van der Waals surface area contributed by atoms with E-state index in [1.807, 2.05) is 6.07 Å². The number of piperidine rings is 1. The Bertz CT molecular complexity index is 816. The number of benzene rings is 1. The van der Waals surface area contributed by atoms with E-state index in [4.69, 9.17) is 0 Å². The van der Waals surface area contributed by atoms with Gasteiger partial charge in [-0.3, -0.25) is 10.1 Å². The summed E-state index contributed by atoms with van der Waals surface area (Å²) in [6.45, 7) is 1.90. The second-order valence-electron chi connectivity index (χ2n) is 5.65. The van der Waals surface area contributed by atoms with Gasteiger partial charge in [-0.25, -0.2) is 0 Å². The van der Waals surface area contributed by atoms with Gasteiger partial charge >= 0.3 is 0 Å². The van der Waals surface area contributed by atoms with Crippen molar-refractivity contribution >= 4 is 33.6 Å². The van der Waals surface area contributed by atoms with Gasteiger partial charge in [0.15, 0.2) is 0 Å². The Kier molecular flexibility index (Phi) is 5.26. The Morgan fingerprint density at radius 1 is 1.24 bits per heavy atom. The fraction of sp³-hybridized carbons (Fsp3) is 0.294. The lowest BCUT2D eigenvalue weighted by Gasteiger charge is -2.25. The van der Waals surface area contributed by atoms with Gasteiger partial charge in [0, 0.05) is 13.1 Å². The number of amides is 1. The molecule has 2 aromatic rings. The zero-order valence-corrected chi connectivity index (χ0v) is 14.3. The molecule has 8 heteroatoms. The third kappa shape index (κ3) is 4.33. The highest BCUT2D eigenvalue weighted by molar-refractivity contribution is 7.19. The van der Waals surface area contributed by atoms with Crippen molar-refractivity contribution in [1.82, 2.24) is 10.2 Å². The van der Waals surface area contributed by atoms with Crippen LogP contribution in [-0.4, -0.2) is 34.3 Å². The Morgan fingerprint density at radius 2 is 1.96 bits per heavy atom. The molecule has 0 spiro atoms. The number of carbonyl (C=O) groups excluding carboxylic acids is 1. The van der Waals surface area contributed by atoms with Gasteiger partial charge in [0.25, 0.3) is 5.91 Å². The number of nitriles is 1. The second kappa shape index (κ2) is 7.77. The summed E-state index contributed by atoms with van der Waals surface area (Å²) in [6.07, 6.45) is 4.96. The summed E-state index contributed by atoms with van der Waals surface area (Å²) in [6, 6.07) is 8.13. The molecule has 0 bridgehead atoms.